The highest BCUT2D eigenvalue weighted by Crippen LogP contribution is 2.82. The Morgan fingerprint density at radius 1 is 0.667 bits per heavy atom. The Hall–Kier alpha value is -0.0400. The van der Waals surface area contributed by atoms with Crippen molar-refractivity contribution < 1.29 is 0 Å². The zero-order valence-electron chi connectivity index (χ0n) is 7.19. The summed E-state index contributed by atoms with van der Waals surface area (Å²) in [6, 6.07) is 0.646. The first-order valence-electron chi connectivity index (χ1n) is 5.63. The van der Waals surface area contributed by atoms with Crippen molar-refractivity contribution in [1.82, 2.24) is 0 Å². The SMILES string of the molecule is N[C@@H]1[C@@H]2[C@@H]3C[C@H]4[C@@H]5[C@@H]3C[C@@H]2[C@H]5[C@H]14. The molecule has 64 valence electrons. The smallest absolute Gasteiger partial charge is 0.0107 e. The Balaban J connectivity index is 1.86. The summed E-state index contributed by atoms with van der Waals surface area (Å²) in [5.74, 6) is 8.84. The van der Waals surface area contributed by atoms with E-state index >= 15 is 0 Å². The second-order valence-electron chi connectivity index (χ2n) is 6.01. The maximum absolute atomic E-state index is 6.34. The summed E-state index contributed by atoms with van der Waals surface area (Å²) in [6.45, 7) is 0. The molecule has 1 heteroatoms. The van der Waals surface area contributed by atoms with E-state index in [1.807, 2.05) is 0 Å². The molecule has 2 N–H and O–H groups in total. The fourth-order valence-electron chi connectivity index (χ4n) is 6.55. The molecule has 0 saturated heterocycles. The Labute approximate surface area is 72.7 Å². The zero-order valence-corrected chi connectivity index (χ0v) is 7.19. The largest absolute Gasteiger partial charge is 0.327 e. The van der Waals surface area contributed by atoms with E-state index in [2.05, 4.69) is 0 Å². The van der Waals surface area contributed by atoms with Gasteiger partial charge in [0.2, 0.25) is 0 Å². The first kappa shape index (κ1) is 5.64. The second-order valence-corrected chi connectivity index (χ2v) is 6.01. The quantitative estimate of drug-likeness (QED) is 0.565. The van der Waals surface area contributed by atoms with Gasteiger partial charge < -0.3 is 5.73 Å². The van der Waals surface area contributed by atoms with Crippen LogP contribution >= 0.6 is 0 Å². The standard InChI is InChI=1S/C11H15N/c12-11-8-4-2-5-7-3(4)1-6(8)9(7)10(5)11/h3-11H,1-2,12H2/t3-,4-,5+,6+,7+,8-,9-,10-,11-/m1/s1. The predicted octanol–water partition coefficient (Wildman–Crippen LogP) is 1.09. The van der Waals surface area contributed by atoms with Crippen LogP contribution < -0.4 is 5.73 Å². The van der Waals surface area contributed by atoms with Gasteiger partial charge >= 0.3 is 0 Å². The molecule has 0 radical (unpaired) electrons. The lowest BCUT2D eigenvalue weighted by atomic mass is 9.59. The van der Waals surface area contributed by atoms with Crippen molar-refractivity contribution in [3.8, 4) is 0 Å². The van der Waals surface area contributed by atoms with Gasteiger partial charge in [-0.25, -0.2) is 0 Å². The van der Waals surface area contributed by atoms with Crippen LogP contribution in [-0.2, 0) is 0 Å². The van der Waals surface area contributed by atoms with Gasteiger partial charge in [0.05, 0.1) is 0 Å². The highest BCUT2D eigenvalue weighted by atomic mass is 14.9. The van der Waals surface area contributed by atoms with E-state index in [1.165, 1.54) is 11.8 Å². The third kappa shape index (κ3) is 0.296. The molecule has 0 aromatic heterocycles. The Bertz CT molecular complexity index is 277. The van der Waals surface area contributed by atoms with Gasteiger partial charge in [-0.05, 0) is 60.2 Å². The number of hydrogen-bond donors (Lipinski definition) is 1. The van der Waals surface area contributed by atoms with E-state index in [0.29, 0.717) is 6.04 Å². The molecule has 5 fully saturated rings. The van der Waals surface area contributed by atoms with Crippen molar-refractivity contribution in [2.75, 3.05) is 0 Å². The maximum Gasteiger partial charge on any atom is 0.0107 e. The Morgan fingerprint density at radius 3 is 2.17 bits per heavy atom. The third-order valence-corrected chi connectivity index (χ3v) is 6.38. The highest BCUT2D eigenvalue weighted by Gasteiger charge is 2.79. The molecule has 0 unspecified atom stereocenters. The van der Waals surface area contributed by atoms with E-state index in [1.54, 1.807) is 12.8 Å². The molecular formula is C11H15N. The van der Waals surface area contributed by atoms with Crippen LogP contribution in [0.3, 0.4) is 0 Å². The molecule has 1 nitrogen and oxygen atoms in total. The first-order valence-corrected chi connectivity index (χ1v) is 5.63. The summed E-state index contributed by atoms with van der Waals surface area (Å²) in [4.78, 5) is 0. The molecule has 2 bridgehead atoms. The van der Waals surface area contributed by atoms with Gasteiger partial charge in [0.25, 0.3) is 0 Å². The van der Waals surface area contributed by atoms with E-state index in [9.17, 15) is 0 Å². The van der Waals surface area contributed by atoms with Crippen molar-refractivity contribution in [3.05, 3.63) is 0 Å². The Morgan fingerprint density at radius 2 is 1.33 bits per heavy atom. The number of fused-ring (bicyclic) bond motifs is 2. The average Bonchev–Trinajstić information content (AvgIpc) is 2.47. The summed E-state index contributed by atoms with van der Waals surface area (Å²) in [7, 11) is 0. The fraction of sp³-hybridized carbons (Fsp3) is 1.00. The van der Waals surface area contributed by atoms with Crippen LogP contribution in [-0.4, -0.2) is 6.04 Å². The van der Waals surface area contributed by atoms with E-state index in [0.717, 1.165) is 35.5 Å². The molecule has 0 aliphatic heterocycles. The molecule has 5 aliphatic rings. The number of nitrogens with two attached hydrogens (primary N) is 1. The molecule has 0 heterocycles. The number of rotatable bonds is 0. The van der Waals surface area contributed by atoms with Crippen LogP contribution in [0.15, 0.2) is 0 Å². The van der Waals surface area contributed by atoms with E-state index in [4.69, 9.17) is 5.73 Å². The van der Waals surface area contributed by atoms with Crippen molar-refractivity contribution in [1.29, 1.82) is 0 Å². The number of hydrogen-bond acceptors (Lipinski definition) is 1. The van der Waals surface area contributed by atoms with Gasteiger partial charge in [0, 0.05) is 6.04 Å². The average molecular weight is 161 g/mol. The van der Waals surface area contributed by atoms with Crippen molar-refractivity contribution in [2.45, 2.75) is 18.9 Å². The first-order chi connectivity index (χ1) is 5.88. The molecule has 0 spiro atoms. The normalized spacial score (nSPS) is 85.2. The predicted molar refractivity (Wildman–Crippen MR) is 45.1 cm³/mol. The zero-order chi connectivity index (χ0) is 7.61. The van der Waals surface area contributed by atoms with Crippen molar-refractivity contribution in [2.24, 2.45) is 53.1 Å². The van der Waals surface area contributed by atoms with Gasteiger partial charge in [0.15, 0.2) is 0 Å². The fourth-order valence-corrected chi connectivity index (χ4v) is 6.55. The van der Waals surface area contributed by atoms with E-state index < -0.39 is 0 Å². The summed E-state index contributed by atoms with van der Waals surface area (Å²) in [5, 5.41) is 0. The maximum atomic E-state index is 6.34. The van der Waals surface area contributed by atoms with Crippen molar-refractivity contribution in [3.63, 3.8) is 0 Å². The third-order valence-electron chi connectivity index (χ3n) is 6.38. The summed E-state index contributed by atoms with van der Waals surface area (Å²) >= 11 is 0. The molecule has 5 saturated carbocycles. The van der Waals surface area contributed by atoms with Gasteiger partial charge in [-0.3, -0.25) is 0 Å². The molecule has 0 aromatic rings. The summed E-state index contributed by atoms with van der Waals surface area (Å²) in [5.41, 5.74) is 6.34. The summed E-state index contributed by atoms with van der Waals surface area (Å²) < 4.78 is 0. The van der Waals surface area contributed by atoms with Crippen molar-refractivity contribution >= 4 is 0 Å². The Kier molecular flexibility index (Phi) is 0.609. The highest BCUT2D eigenvalue weighted by molar-refractivity contribution is 5.28. The van der Waals surface area contributed by atoms with Crippen LogP contribution in [0, 0.1) is 47.3 Å². The minimum atomic E-state index is 0.646. The monoisotopic (exact) mass is 161 g/mol. The molecule has 5 rings (SSSR count). The van der Waals surface area contributed by atoms with Gasteiger partial charge in [-0.1, -0.05) is 0 Å². The lowest BCUT2D eigenvalue weighted by Gasteiger charge is -2.47. The summed E-state index contributed by atoms with van der Waals surface area (Å²) in [6.07, 6.45) is 3.18. The van der Waals surface area contributed by atoms with Crippen LogP contribution in [0.1, 0.15) is 12.8 Å². The second kappa shape index (κ2) is 1.30. The minimum Gasteiger partial charge on any atom is -0.327 e. The molecule has 12 heavy (non-hydrogen) atoms. The van der Waals surface area contributed by atoms with Crippen LogP contribution in [0.4, 0.5) is 0 Å². The van der Waals surface area contributed by atoms with E-state index in [-0.39, 0.29) is 0 Å². The minimum absolute atomic E-state index is 0.646. The van der Waals surface area contributed by atoms with Crippen LogP contribution in [0.25, 0.3) is 0 Å². The van der Waals surface area contributed by atoms with Gasteiger partial charge in [-0.15, -0.1) is 0 Å². The lowest BCUT2D eigenvalue weighted by Crippen LogP contribution is -2.49. The van der Waals surface area contributed by atoms with Gasteiger partial charge in [0.1, 0.15) is 0 Å². The van der Waals surface area contributed by atoms with Crippen LogP contribution in [0.2, 0.25) is 0 Å². The molecule has 9 atom stereocenters. The molecular weight excluding hydrogens is 146 g/mol. The topological polar surface area (TPSA) is 26.0 Å². The molecule has 0 aromatic carbocycles. The van der Waals surface area contributed by atoms with Gasteiger partial charge in [-0.2, -0.15) is 0 Å². The molecule has 5 aliphatic carbocycles. The lowest BCUT2D eigenvalue weighted by molar-refractivity contribution is 0.0167. The van der Waals surface area contributed by atoms with Crippen LogP contribution in [0.5, 0.6) is 0 Å². The molecule has 0 amide bonds.